The third-order valence-electron chi connectivity index (χ3n) is 4.39. The number of nitrogens with zero attached hydrogens (tertiary/aromatic N) is 2. The van der Waals surface area contributed by atoms with Crippen LogP contribution in [-0.2, 0) is 0 Å². The monoisotopic (exact) mass is 301 g/mol. The average Bonchev–Trinajstić information content (AvgIpc) is 2.84. The van der Waals surface area contributed by atoms with Crippen LogP contribution in [0.4, 0.5) is 11.6 Å². The Balaban J connectivity index is 2.29. The molecule has 19 heavy (non-hydrogen) atoms. The van der Waals surface area contributed by atoms with Gasteiger partial charge in [-0.15, -0.1) is 0 Å². The van der Waals surface area contributed by atoms with Crippen LogP contribution in [0.5, 0.6) is 0 Å². The first-order valence-corrected chi connectivity index (χ1v) is 7.59. The lowest BCUT2D eigenvalue weighted by Crippen LogP contribution is -2.27. The Morgan fingerprint density at radius 3 is 2.53 bits per heavy atom. The smallest absolute Gasteiger partial charge is 0.149 e. The first-order chi connectivity index (χ1) is 9.05. The summed E-state index contributed by atoms with van der Waals surface area (Å²) in [5, 5.41) is 4.20. The van der Waals surface area contributed by atoms with Crippen LogP contribution in [0.3, 0.4) is 0 Å². The molecule has 3 nitrogen and oxygen atoms in total. The van der Waals surface area contributed by atoms with Gasteiger partial charge in [0, 0.05) is 20.1 Å². The first kappa shape index (κ1) is 14.7. The molecule has 1 saturated heterocycles. The molecule has 1 aliphatic rings. The molecule has 0 aromatic carbocycles. The molecule has 0 aliphatic carbocycles. The van der Waals surface area contributed by atoms with Crippen LogP contribution in [0.2, 0.25) is 10.0 Å². The van der Waals surface area contributed by atoms with E-state index in [2.05, 4.69) is 29.0 Å². The highest BCUT2D eigenvalue weighted by Gasteiger charge is 2.36. The van der Waals surface area contributed by atoms with E-state index in [4.69, 9.17) is 23.2 Å². The van der Waals surface area contributed by atoms with Crippen molar-refractivity contribution in [2.24, 2.45) is 5.41 Å². The number of aromatic nitrogens is 1. The van der Waals surface area contributed by atoms with E-state index in [0.717, 1.165) is 18.9 Å². The molecule has 0 saturated carbocycles. The minimum absolute atomic E-state index is 0.407. The number of hydrogen-bond donors (Lipinski definition) is 1. The third kappa shape index (κ3) is 2.77. The fraction of sp³-hybridized carbons (Fsp3) is 0.643. The van der Waals surface area contributed by atoms with Gasteiger partial charge in [0.2, 0.25) is 0 Å². The molecule has 0 amide bonds. The predicted molar refractivity (Wildman–Crippen MR) is 83.6 cm³/mol. The van der Waals surface area contributed by atoms with Gasteiger partial charge in [0.1, 0.15) is 11.6 Å². The Labute approximate surface area is 125 Å². The number of anilines is 2. The van der Waals surface area contributed by atoms with Crippen LogP contribution in [0.15, 0.2) is 6.07 Å². The van der Waals surface area contributed by atoms with Gasteiger partial charge in [0.05, 0.1) is 10.0 Å². The second kappa shape index (κ2) is 5.76. The average molecular weight is 302 g/mol. The maximum absolute atomic E-state index is 6.30. The Morgan fingerprint density at radius 1 is 1.32 bits per heavy atom. The molecule has 0 spiro atoms. The van der Waals surface area contributed by atoms with Gasteiger partial charge in [-0.05, 0) is 30.7 Å². The second-order valence-corrected chi connectivity index (χ2v) is 6.07. The van der Waals surface area contributed by atoms with Crippen LogP contribution in [0, 0.1) is 5.41 Å². The minimum Gasteiger partial charge on any atom is -0.372 e. The SMILES string of the molecule is CCC1(CC)CCN(c2nc(NC)c(Cl)cc2Cl)C1. The summed E-state index contributed by atoms with van der Waals surface area (Å²) in [6, 6.07) is 1.77. The quantitative estimate of drug-likeness (QED) is 0.891. The van der Waals surface area contributed by atoms with Gasteiger partial charge in [0.25, 0.3) is 0 Å². The fourth-order valence-electron chi connectivity index (χ4n) is 2.80. The molecule has 0 bridgehead atoms. The van der Waals surface area contributed by atoms with Crippen LogP contribution in [0.1, 0.15) is 33.1 Å². The molecule has 2 heterocycles. The topological polar surface area (TPSA) is 28.2 Å². The second-order valence-electron chi connectivity index (χ2n) is 5.25. The van der Waals surface area contributed by atoms with E-state index < -0.39 is 0 Å². The summed E-state index contributed by atoms with van der Waals surface area (Å²) >= 11 is 12.4. The van der Waals surface area contributed by atoms with E-state index in [1.165, 1.54) is 19.3 Å². The fourth-order valence-corrected chi connectivity index (χ4v) is 3.37. The molecule has 1 aromatic rings. The van der Waals surface area contributed by atoms with E-state index in [1.807, 2.05) is 7.05 Å². The van der Waals surface area contributed by atoms with Gasteiger partial charge in [-0.1, -0.05) is 37.0 Å². The van der Waals surface area contributed by atoms with Crippen molar-refractivity contribution in [3.8, 4) is 0 Å². The van der Waals surface area contributed by atoms with E-state index in [-0.39, 0.29) is 0 Å². The van der Waals surface area contributed by atoms with Crippen LogP contribution < -0.4 is 10.2 Å². The minimum atomic E-state index is 0.407. The summed E-state index contributed by atoms with van der Waals surface area (Å²) in [6.45, 7) is 6.57. The van der Waals surface area contributed by atoms with E-state index in [0.29, 0.717) is 21.3 Å². The standard InChI is InChI=1S/C14H21Cl2N3/c1-4-14(5-2)6-7-19(9-14)13-11(16)8-10(15)12(17-3)18-13/h8H,4-7,9H2,1-3H3,(H,17,18). The summed E-state index contributed by atoms with van der Waals surface area (Å²) in [4.78, 5) is 6.84. The van der Waals surface area contributed by atoms with Crippen LogP contribution in [-0.4, -0.2) is 25.1 Å². The molecule has 1 aromatic heterocycles. The van der Waals surface area contributed by atoms with E-state index in [9.17, 15) is 0 Å². The van der Waals surface area contributed by atoms with Crippen molar-refractivity contribution < 1.29 is 0 Å². The molecule has 2 rings (SSSR count). The Kier molecular flexibility index (Phi) is 4.46. The number of rotatable bonds is 4. The zero-order chi connectivity index (χ0) is 14.0. The highest BCUT2D eigenvalue weighted by molar-refractivity contribution is 6.37. The predicted octanol–water partition coefficient (Wildman–Crippen LogP) is 4.45. The lowest BCUT2D eigenvalue weighted by Gasteiger charge is -2.27. The highest BCUT2D eigenvalue weighted by atomic mass is 35.5. The first-order valence-electron chi connectivity index (χ1n) is 6.84. The van der Waals surface area contributed by atoms with Crippen molar-refractivity contribution in [2.75, 3.05) is 30.4 Å². The zero-order valence-corrected chi connectivity index (χ0v) is 13.3. The summed E-state index contributed by atoms with van der Waals surface area (Å²) < 4.78 is 0. The number of pyridine rings is 1. The number of nitrogens with one attached hydrogen (secondary N) is 1. The molecule has 0 atom stereocenters. The maximum Gasteiger partial charge on any atom is 0.149 e. The lowest BCUT2D eigenvalue weighted by atomic mass is 9.82. The molecular formula is C14H21Cl2N3. The van der Waals surface area contributed by atoms with Gasteiger partial charge in [0.15, 0.2) is 0 Å². The van der Waals surface area contributed by atoms with Crippen molar-refractivity contribution >= 4 is 34.8 Å². The third-order valence-corrected chi connectivity index (χ3v) is 4.95. The maximum atomic E-state index is 6.30. The van der Waals surface area contributed by atoms with Crippen molar-refractivity contribution in [3.05, 3.63) is 16.1 Å². The molecule has 0 unspecified atom stereocenters. The Morgan fingerprint density at radius 2 is 2.00 bits per heavy atom. The van der Waals surface area contributed by atoms with Crippen LogP contribution >= 0.6 is 23.2 Å². The molecule has 1 N–H and O–H groups in total. The van der Waals surface area contributed by atoms with Crippen molar-refractivity contribution in [1.29, 1.82) is 0 Å². The van der Waals surface area contributed by atoms with Gasteiger partial charge in [-0.3, -0.25) is 0 Å². The highest BCUT2D eigenvalue weighted by Crippen LogP contribution is 2.41. The Hall–Kier alpha value is -0.670. The zero-order valence-electron chi connectivity index (χ0n) is 11.8. The normalized spacial score (nSPS) is 17.8. The summed E-state index contributed by atoms with van der Waals surface area (Å²) in [6.07, 6.45) is 3.60. The van der Waals surface area contributed by atoms with E-state index >= 15 is 0 Å². The molecule has 106 valence electrons. The van der Waals surface area contributed by atoms with Gasteiger partial charge < -0.3 is 10.2 Å². The van der Waals surface area contributed by atoms with Crippen molar-refractivity contribution in [1.82, 2.24) is 4.98 Å². The van der Waals surface area contributed by atoms with Crippen molar-refractivity contribution in [2.45, 2.75) is 33.1 Å². The summed E-state index contributed by atoms with van der Waals surface area (Å²) in [5.74, 6) is 1.53. The lowest BCUT2D eigenvalue weighted by molar-refractivity contribution is 0.301. The number of halogens is 2. The number of hydrogen-bond acceptors (Lipinski definition) is 3. The summed E-state index contributed by atoms with van der Waals surface area (Å²) in [7, 11) is 1.82. The molecule has 1 aliphatic heterocycles. The largest absolute Gasteiger partial charge is 0.372 e. The molecular weight excluding hydrogens is 281 g/mol. The molecule has 1 fully saturated rings. The summed E-state index contributed by atoms with van der Waals surface area (Å²) in [5.41, 5.74) is 0.407. The Bertz CT molecular complexity index is 458. The van der Waals surface area contributed by atoms with Gasteiger partial charge in [-0.25, -0.2) is 4.98 Å². The van der Waals surface area contributed by atoms with E-state index in [1.54, 1.807) is 6.07 Å². The van der Waals surface area contributed by atoms with Crippen molar-refractivity contribution in [3.63, 3.8) is 0 Å². The van der Waals surface area contributed by atoms with Gasteiger partial charge in [-0.2, -0.15) is 0 Å². The van der Waals surface area contributed by atoms with Crippen LogP contribution in [0.25, 0.3) is 0 Å². The molecule has 0 radical (unpaired) electrons. The molecule has 5 heteroatoms. The van der Waals surface area contributed by atoms with Gasteiger partial charge >= 0.3 is 0 Å².